The van der Waals surface area contributed by atoms with Gasteiger partial charge in [-0.15, -0.1) is 0 Å². The fraction of sp³-hybridized carbons (Fsp3) is 0.240. The van der Waals surface area contributed by atoms with Crippen LogP contribution < -0.4 is 4.90 Å². The number of carbonyl (C=O) groups is 1. The average molecular weight is 431 g/mol. The molecular formula is C25H26N4OS. The van der Waals surface area contributed by atoms with E-state index in [-0.39, 0.29) is 5.91 Å². The van der Waals surface area contributed by atoms with E-state index >= 15 is 0 Å². The van der Waals surface area contributed by atoms with Gasteiger partial charge in [0.05, 0.1) is 11.1 Å². The molecule has 0 radical (unpaired) electrons. The molecule has 0 aliphatic carbocycles. The van der Waals surface area contributed by atoms with Crippen molar-refractivity contribution in [1.82, 2.24) is 14.9 Å². The molecule has 0 spiro atoms. The molecule has 0 N–H and O–H groups in total. The molecule has 0 aliphatic heterocycles. The Kier molecular flexibility index (Phi) is 6.28. The summed E-state index contributed by atoms with van der Waals surface area (Å²) >= 11 is 1.54. The first-order valence-corrected chi connectivity index (χ1v) is 11.4. The standard InChI is InChI=1S/C25H26N4OS/c1-4-29(5-2)24-22-14-20(9-10-23(22)26-17-27-24)19-8-6-7-18(13-19)15-28(3)25(30)21-11-12-31-16-21/h6-14,16-17H,4-5,15H2,1-3H3. The topological polar surface area (TPSA) is 49.3 Å². The van der Waals surface area contributed by atoms with Gasteiger partial charge in [0.1, 0.15) is 12.1 Å². The Balaban J connectivity index is 1.64. The summed E-state index contributed by atoms with van der Waals surface area (Å²) in [7, 11) is 1.84. The lowest BCUT2D eigenvalue weighted by Crippen LogP contribution is -2.25. The zero-order chi connectivity index (χ0) is 21.8. The number of hydrogen-bond donors (Lipinski definition) is 0. The molecule has 0 bridgehead atoms. The van der Waals surface area contributed by atoms with Gasteiger partial charge in [0.15, 0.2) is 0 Å². The molecule has 0 saturated carbocycles. The van der Waals surface area contributed by atoms with E-state index in [0.29, 0.717) is 6.54 Å². The monoisotopic (exact) mass is 430 g/mol. The SMILES string of the molecule is CCN(CC)c1ncnc2ccc(-c3cccc(CN(C)C(=O)c4ccsc4)c3)cc12. The quantitative estimate of drug-likeness (QED) is 0.390. The van der Waals surface area contributed by atoms with Crippen molar-refractivity contribution in [2.75, 3.05) is 25.0 Å². The third-order valence-corrected chi connectivity index (χ3v) is 6.16. The Bertz CT molecular complexity index is 1190. The normalized spacial score (nSPS) is 10.9. The molecule has 2 aromatic carbocycles. The van der Waals surface area contributed by atoms with Gasteiger partial charge in [-0.25, -0.2) is 9.97 Å². The number of carbonyl (C=O) groups excluding carboxylic acids is 1. The zero-order valence-corrected chi connectivity index (χ0v) is 18.9. The van der Waals surface area contributed by atoms with Crippen LogP contribution in [0.2, 0.25) is 0 Å². The predicted octanol–water partition coefficient (Wildman–Crippen LogP) is 5.48. The first-order valence-electron chi connectivity index (χ1n) is 10.5. The summed E-state index contributed by atoms with van der Waals surface area (Å²) in [5.41, 5.74) is 5.01. The molecular weight excluding hydrogens is 404 g/mol. The summed E-state index contributed by atoms with van der Waals surface area (Å²) in [6.45, 7) is 6.63. The van der Waals surface area contributed by atoms with Crippen LogP contribution in [0.15, 0.2) is 65.6 Å². The summed E-state index contributed by atoms with van der Waals surface area (Å²) in [6.07, 6.45) is 1.64. The lowest BCUT2D eigenvalue weighted by atomic mass is 10.0. The highest BCUT2D eigenvalue weighted by atomic mass is 32.1. The highest BCUT2D eigenvalue weighted by Crippen LogP contribution is 2.29. The molecule has 5 nitrogen and oxygen atoms in total. The van der Waals surface area contributed by atoms with Crippen LogP contribution in [-0.2, 0) is 6.54 Å². The number of hydrogen-bond acceptors (Lipinski definition) is 5. The van der Waals surface area contributed by atoms with Crippen LogP contribution in [0.25, 0.3) is 22.0 Å². The maximum atomic E-state index is 12.6. The van der Waals surface area contributed by atoms with Gasteiger partial charge in [-0.1, -0.05) is 24.3 Å². The van der Waals surface area contributed by atoms with Crippen molar-refractivity contribution in [2.24, 2.45) is 0 Å². The fourth-order valence-corrected chi connectivity index (χ4v) is 4.43. The Hall–Kier alpha value is -3.25. The molecule has 0 saturated heterocycles. The molecule has 0 atom stereocenters. The van der Waals surface area contributed by atoms with Crippen molar-refractivity contribution >= 4 is 34.0 Å². The second kappa shape index (κ2) is 9.27. The van der Waals surface area contributed by atoms with E-state index in [1.807, 2.05) is 29.9 Å². The summed E-state index contributed by atoms with van der Waals surface area (Å²) in [4.78, 5) is 25.6. The number of benzene rings is 2. The van der Waals surface area contributed by atoms with E-state index in [4.69, 9.17) is 0 Å². The average Bonchev–Trinajstić information content (AvgIpc) is 3.34. The van der Waals surface area contributed by atoms with Crippen molar-refractivity contribution in [2.45, 2.75) is 20.4 Å². The van der Waals surface area contributed by atoms with E-state index in [1.165, 1.54) is 11.3 Å². The number of anilines is 1. The van der Waals surface area contributed by atoms with E-state index in [9.17, 15) is 4.79 Å². The number of amides is 1. The minimum atomic E-state index is 0.0402. The van der Waals surface area contributed by atoms with Gasteiger partial charge in [-0.3, -0.25) is 4.79 Å². The van der Waals surface area contributed by atoms with Crippen molar-refractivity contribution in [1.29, 1.82) is 0 Å². The minimum Gasteiger partial charge on any atom is -0.357 e. The summed E-state index contributed by atoms with van der Waals surface area (Å²) < 4.78 is 0. The fourth-order valence-electron chi connectivity index (χ4n) is 3.80. The van der Waals surface area contributed by atoms with Crippen LogP contribution >= 0.6 is 11.3 Å². The van der Waals surface area contributed by atoms with Gasteiger partial charge in [0.2, 0.25) is 0 Å². The second-order valence-electron chi connectivity index (χ2n) is 7.48. The molecule has 31 heavy (non-hydrogen) atoms. The van der Waals surface area contributed by atoms with Gasteiger partial charge in [0, 0.05) is 37.4 Å². The molecule has 0 aliphatic rings. The summed E-state index contributed by atoms with van der Waals surface area (Å²) in [5.74, 6) is 1.01. The number of rotatable bonds is 7. The molecule has 0 fully saturated rings. The molecule has 2 heterocycles. The predicted molar refractivity (Wildman–Crippen MR) is 129 cm³/mol. The van der Waals surface area contributed by atoms with Gasteiger partial charge >= 0.3 is 0 Å². The van der Waals surface area contributed by atoms with Crippen LogP contribution in [0.3, 0.4) is 0 Å². The van der Waals surface area contributed by atoms with Crippen molar-refractivity contribution in [3.8, 4) is 11.1 Å². The van der Waals surface area contributed by atoms with Crippen LogP contribution in [0, 0.1) is 0 Å². The molecule has 4 rings (SSSR count). The molecule has 6 heteroatoms. The van der Waals surface area contributed by atoms with E-state index in [2.05, 4.69) is 65.1 Å². The number of fused-ring (bicyclic) bond motifs is 1. The smallest absolute Gasteiger partial charge is 0.254 e. The van der Waals surface area contributed by atoms with E-state index in [1.54, 1.807) is 11.2 Å². The molecule has 1 amide bonds. The molecule has 2 aromatic heterocycles. The van der Waals surface area contributed by atoms with Crippen LogP contribution in [-0.4, -0.2) is 40.9 Å². The van der Waals surface area contributed by atoms with Gasteiger partial charge in [0.25, 0.3) is 5.91 Å². The molecule has 0 unspecified atom stereocenters. The minimum absolute atomic E-state index is 0.0402. The lowest BCUT2D eigenvalue weighted by Gasteiger charge is -2.21. The van der Waals surface area contributed by atoms with E-state index < -0.39 is 0 Å². The Morgan fingerprint density at radius 1 is 1.00 bits per heavy atom. The summed E-state index contributed by atoms with van der Waals surface area (Å²) in [6, 6.07) is 16.6. The number of aromatic nitrogens is 2. The Morgan fingerprint density at radius 2 is 1.81 bits per heavy atom. The van der Waals surface area contributed by atoms with Crippen LogP contribution in [0.4, 0.5) is 5.82 Å². The van der Waals surface area contributed by atoms with Gasteiger partial charge in [-0.05, 0) is 60.2 Å². The zero-order valence-electron chi connectivity index (χ0n) is 18.1. The second-order valence-corrected chi connectivity index (χ2v) is 8.26. The van der Waals surface area contributed by atoms with Gasteiger partial charge < -0.3 is 9.80 Å². The van der Waals surface area contributed by atoms with Crippen LogP contribution in [0.5, 0.6) is 0 Å². The highest BCUT2D eigenvalue weighted by Gasteiger charge is 2.14. The van der Waals surface area contributed by atoms with Crippen molar-refractivity contribution in [3.05, 3.63) is 76.7 Å². The molecule has 158 valence electrons. The van der Waals surface area contributed by atoms with Gasteiger partial charge in [-0.2, -0.15) is 11.3 Å². The lowest BCUT2D eigenvalue weighted by molar-refractivity contribution is 0.0785. The Morgan fingerprint density at radius 3 is 2.55 bits per heavy atom. The number of thiophene rings is 1. The summed E-state index contributed by atoms with van der Waals surface area (Å²) in [5, 5.41) is 4.87. The first-order chi connectivity index (χ1) is 15.1. The highest BCUT2D eigenvalue weighted by molar-refractivity contribution is 7.08. The van der Waals surface area contributed by atoms with Crippen LogP contribution in [0.1, 0.15) is 29.8 Å². The third-order valence-electron chi connectivity index (χ3n) is 5.47. The first kappa shape index (κ1) is 21.0. The van der Waals surface area contributed by atoms with Crippen molar-refractivity contribution < 1.29 is 4.79 Å². The van der Waals surface area contributed by atoms with E-state index in [0.717, 1.165) is 52.1 Å². The maximum Gasteiger partial charge on any atom is 0.254 e. The largest absolute Gasteiger partial charge is 0.357 e. The number of nitrogens with zero attached hydrogens (tertiary/aromatic N) is 4. The van der Waals surface area contributed by atoms with Crippen molar-refractivity contribution in [3.63, 3.8) is 0 Å². The third kappa shape index (κ3) is 4.44. The maximum absolute atomic E-state index is 12.6. The Labute approximate surface area is 187 Å². The molecule has 4 aromatic rings.